The summed E-state index contributed by atoms with van der Waals surface area (Å²) < 4.78 is 1.84. The van der Waals surface area contributed by atoms with Gasteiger partial charge < -0.3 is 4.90 Å². The smallest absolute Gasteiger partial charge is 0.246 e. The van der Waals surface area contributed by atoms with Crippen LogP contribution in [0.1, 0.15) is 18.1 Å². The second-order valence-electron chi connectivity index (χ2n) is 4.78. The number of rotatable bonds is 5. The summed E-state index contributed by atoms with van der Waals surface area (Å²) in [5.41, 5.74) is 1.97. The molecule has 1 heterocycles. The molecule has 5 heteroatoms. The summed E-state index contributed by atoms with van der Waals surface area (Å²) in [5, 5.41) is 4.88. The zero-order valence-corrected chi connectivity index (χ0v) is 12.9. The van der Waals surface area contributed by atoms with Gasteiger partial charge in [0.05, 0.1) is 6.20 Å². The van der Waals surface area contributed by atoms with Crippen molar-refractivity contribution in [3.05, 3.63) is 58.9 Å². The fraction of sp³-hybridized carbons (Fsp3) is 0.250. The molecule has 0 radical (unpaired) electrons. The largest absolute Gasteiger partial charge is 0.338 e. The van der Waals surface area contributed by atoms with Crippen molar-refractivity contribution < 1.29 is 4.79 Å². The van der Waals surface area contributed by atoms with E-state index in [2.05, 4.69) is 5.10 Å². The lowest BCUT2D eigenvalue weighted by molar-refractivity contribution is -0.125. The van der Waals surface area contributed by atoms with Crippen molar-refractivity contribution in [2.45, 2.75) is 20.0 Å². The molecule has 0 unspecified atom stereocenters. The Morgan fingerprint density at radius 2 is 2.10 bits per heavy atom. The zero-order valence-electron chi connectivity index (χ0n) is 12.2. The number of amides is 1. The van der Waals surface area contributed by atoms with Gasteiger partial charge in [0.15, 0.2) is 0 Å². The molecule has 0 N–H and O–H groups in total. The molecule has 2 rings (SSSR count). The fourth-order valence-corrected chi connectivity index (χ4v) is 2.01. The number of aromatic nitrogens is 2. The number of benzene rings is 1. The Bertz CT molecular complexity index is 631. The molecule has 1 aromatic heterocycles. The van der Waals surface area contributed by atoms with Crippen LogP contribution in [0.4, 0.5) is 0 Å². The van der Waals surface area contributed by atoms with Gasteiger partial charge in [0.25, 0.3) is 0 Å². The predicted molar refractivity (Wildman–Crippen MR) is 84.9 cm³/mol. The van der Waals surface area contributed by atoms with Crippen LogP contribution in [0.3, 0.4) is 0 Å². The van der Waals surface area contributed by atoms with Gasteiger partial charge in [-0.3, -0.25) is 9.48 Å². The summed E-state index contributed by atoms with van der Waals surface area (Å²) in [4.78, 5) is 13.7. The minimum Gasteiger partial charge on any atom is -0.338 e. The third kappa shape index (κ3) is 4.46. The van der Waals surface area contributed by atoms with Crippen LogP contribution < -0.4 is 0 Å². The highest BCUT2D eigenvalue weighted by Crippen LogP contribution is 2.11. The van der Waals surface area contributed by atoms with Crippen LogP contribution in [0, 0.1) is 0 Å². The second-order valence-corrected chi connectivity index (χ2v) is 5.22. The summed E-state index contributed by atoms with van der Waals surface area (Å²) in [7, 11) is 1.78. The van der Waals surface area contributed by atoms with E-state index in [9.17, 15) is 4.79 Å². The van der Waals surface area contributed by atoms with E-state index < -0.39 is 0 Å². The van der Waals surface area contributed by atoms with Crippen molar-refractivity contribution in [1.29, 1.82) is 0 Å². The summed E-state index contributed by atoms with van der Waals surface area (Å²) in [6.45, 7) is 3.40. The van der Waals surface area contributed by atoms with Crippen LogP contribution in [-0.2, 0) is 17.9 Å². The maximum Gasteiger partial charge on any atom is 0.246 e. The molecule has 1 aromatic carbocycles. The first-order chi connectivity index (χ1) is 10.1. The molecule has 0 atom stereocenters. The summed E-state index contributed by atoms with van der Waals surface area (Å²) in [6, 6.07) is 7.35. The first-order valence-electron chi connectivity index (χ1n) is 6.78. The average Bonchev–Trinajstić information content (AvgIpc) is 2.94. The Kier molecular flexibility index (Phi) is 5.17. The van der Waals surface area contributed by atoms with Crippen molar-refractivity contribution in [2.75, 3.05) is 7.05 Å². The van der Waals surface area contributed by atoms with Crippen LogP contribution >= 0.6 is 11.6 Å². The Balaban J connectivity index is 1.94. The van der Waals surface area contributed by atoms with E-state index in [4.69, 9.17) is 11.6 Å². The van der Waals surface area contributed by atoms with Crippen molar-refractivity contribution in [1.82, 2.24) is 14.7 Å². The normalized spacial score (nSPS) is 11.0. The monoisotopic (exact) mass is 303 g/mol. The molecule has 21 heavy (non-hydrogen) atoms. The van der Waals surface area contributed by atoms with Gasteiger partial charge in [0, 0.05) is 43.0 Å². The second kappa shape index (κ2) is 7.09. The minimum absolute atomic E-state index is 0.0470. The van der Waals surface area contributed by atoms with E-state index >= 15 is 0 Å². The fourth-order valence-electron chi connectivity index (χ4n) is 1.88. The van der Waals surface area contributed by atoms with Gasteiger partial charge in [0.1, 0.15) is 0 Å². The molecule has 0 saturated heterocycles. The van der Waals surface area contributed by atoms with Crippen molar-refractivity contribution >= 4 is 23.6 Å². The molecule has 2 aromatic rings. The van der Waals surface area contributed by atoms with Gasteiger partial charge >= 0.3 is 0 Å². The molecule has 0 fully saturated rings. The molecule has 0 bridgehead atoms. The van der Waals surface area contributed by atoms with E-state index in [1.807, 2.05) is 29.9 Å². The highest BCUT2D eigenvalue weighted by atomic mass is 35.5. The topological polar surface area (TPSA) is 38.1 Å². The van der Waals surface area contributed by atoms with Gasteiger partial charge in [0.2, 0.25) is 5.91 Å². The molecule has 1 amide bonds. The van der Waals surface area contributed by atoms with Gasteiger partial charge in [-0.25, -0.2) is 0 Å². The maximum absolute atomic E-state index is 12.0. The Labute approximate surface area is 129 Å². The number of carbonyl (C=O) groups excluding carboxylic acids is 1. The number of nitrogens with zero attached hydrogens (tertiary/aromatic N) is 3. The number of carbonyl (C=O) groups is 1. The highest BCUT2D eigenvalue weighted by molar-refractivity contribution is 6.30. The van der Waals surface area contributed by atoms with E-state index in [0.29, 0.717) is 11.6 Å². The van der Waals surface area contributed by atoms with Crippen molar-refractivity contribution in [2.24, 2.45) is 0 Å². The van der Waals surface area contributed by atoms with Crippen molar-refractivity contribution in [3.8, 4) is 0 Å². The molecular weight excluding hydrogens is 286 g/mol. The number of halogens is 1. The molecule has 0 saturated carbocycles. The molecule has 0 spiro atoms. The van der Waals surface area contributed by atoms with Crippen LogP contribution in [0.2, 0.25) is 5.02 Å². The van der Waals surface area contributed by atoms with Gasteiger partial charge in [-0.05, 0) is 30.7 Å². The standard InChI is InChI=1S/C16H18ClN3O/c1-3-20-12-14(10-18-20)11-19(2)16(21)9-6-13-4-7-15(17)8-5-13/h4-10,12H,3,11H2,1-2H3. The Morgan fingerprint density at radius 3 is 2.71 bits per heavy atom. The summed E-state index contributed by atoms with van der Waals surface area (Å²) in [5.74, 6) is -0.0470. The van der Waals surface area contributed by atoms with Crippen LogP contribution in [0.15, 0.2) is 42.7 Å². The maximum atomic E-state index is 12.0. The first-order valence-corrected chi connectivity index (χ1v) is 7.16. The molecular formula is C16H18ClN3O. The van der Waals surface area contributed by atoms with Crippen LogP contribution in [0.5, 0.6) is 0 Å². The average molecular weight is 304 g/mol. The third-order valence-corrected chi connectivity index (χ3v) is 3.35. The summed E-state index contributed by atoms with van der Waals surface area (Å²) >= 11 is 5.82. The van der Waals surface area contributed by atoms with Gasteiger partial charge in [-0.1, -0.05) is 23.7 Å². The quantitative estimate of drug-likeness (QED) is 0.795. The van der Waals surface area contributed by atoms with Crippen molar-refractivity contribution in [3.63, 3.8) is 0 Å². The van der Waals surface area contributed by atoms with Crippen LogP contribution in [-0.4, -0.2) is 27.6 Å². The molecule has 0 aliphatic carbocycles. The first kappa shape index (κ1) is 15.3. The van der Waals surface area contributed by atoms with E-state index in [1.54, 1.807) is 42.4 Å². The van der Waals surface area contributed by atoms with Gasteiger partial charge in [-0.2, -0.15) is 5.10 Å². The van der Waals surface area contributed by atoms with E-state index in [1.165, 1.54) is 0 Å². The van der Waals surface area contributed by atoms with E-state index in [-0.39, 0.29) is 5.91 Å². The summed E-state index contributed by atoms with van der Waals surface area (Å²) in [6.07, 6.45) is 7.08. The minimum atomic E-state index is -0.0470. The SMILES string of the molecule is CCn1cc(CN(C)C(=O)C=Cc2ccc(Cl)cc2)cn1. The highest BCUT2D eigenvalue weighted by Gasteiger charge is 2.07. The number of likely N-dealkylation sites (N-methyl/N-ethyl adjacent to an activating group) is 1. The lowest BCUT2D eigenvalue weighted by Gasteiger charge is -2.13. The van der Waals surface area contributed by atoms with Crippen LogP contribution in [0.25, 0.3) is 6.08 Å². The Hall–Kier alpha value is -2.07. The Morgan fingerprint density at radius 1 is 1.38 bits per heavy atom. The van der Waals surface area contributed by atoms with Gasteiger partial charge in [-0.15, -0.1) is 0 Å². The zero-order chi connectivity index (χ0) is 15.2. The molecule has 0 aliphatic rings. The number of hydrogen-bond acceptors (Lipinski definition) is 2. The molecule has 4 nitrogen and oxygen atoms in total. The number of aryl methyl sites for hydroxylation is 1. The predicted octanol–water partition coefficient (Wildman–Crippen LogP) is 3.23. The van der Waals surface area contributed by atoms with E-state index in [0.717, 1.165) is 17.7 Å². The number of hydrogen-bond donors (Lipinski definition) is 0. The molecule has 110 valence electrons. The lowest BCUT2D eigenvalue weighted by Crippen LogP contribution is -2.23. The third-order valence-electron chi connectivity index (χ3n) is 3.10. The molecule has 0 aliphatic heterocycles. The lowest BCUT2D eigenvalue weighted by atomic mass is 10.2.